The monoisotopic (exact) mass is 310 g/mol. The maximum atomic E-state index is 6.09. The van der Waals surface area contributed by atoms with Crippen molar-refractivity contribution in [3.05, 3.63) is 16.2 Å². The Morgan fingerprint density at radius 1 is 1.45 bits per heavy atom. The molecule has 1 saturated heterocycles. The van der Waals surface area contributed by atoms with Gasteiger partial charge in [-0.05, 0) is 51.0 Å². The molecular formula is C14H19ClN4S. The van der Waals surface area contributed by atoms with Crippen LogP contribution in [0.15, 0.2) is 6.07 Å². The molecule has 0 aliphatic carbocycles. The molecule has 3 rings (SSSR count). The fourth-order valence-corrected chi connectivity index (χ4v) is 3.99. The quantitative estimate of drug-likeness (QED) is 0.798. The Morgan fingerprint density at radius 2 is 2.25 bits per heavy atom. The van der Waals surface area contributed by atoms with Gasteiger partial charge in [0.05, 0.1) is 5.39 Å². The second-order valence-electron chi connectivity index (χ2n) is 5.56. The molecule has 0 saturated carbocycles. The summed E-state index contributed by atoms with van der Waals surface area (Å²) in [5, 5.41) is 1.46. The third-order valence-electron chi connectivity index (χ3n) is 3.95. The molecule has 2 aromatic heterocycles. The predicted molar refractivity (Wildman–Crippen MR) is 86.1 cm³/mol. The van der Waals surface area contributed by atoms with E-state index < -0.39 is 0 Å². The van der Waals surface area contributed by atoms with Gasteiger partial charge in [-0.2, -0.15) is 4.98 Å². The van der Waals surface area contributed by atoms with Crippen molar-refractivity contribution in [2.24, 2.45) is 0 Å². The predicted octanol–water partition coefficient (Wildman–Crippen LogP) is 3.18. The Hall–Kier alpha value is -0.910. The van der Waals surface area contributed by atoms with Crippen molar-refractivity contribution in [2.75, 3.05) is 32.1 Å². The molecule has 0 bridgehead atoms. The van der Waals surface area contributed by atoms with E-state index in [1.54, 1.807) is 11.3 Å². The van der Waals surface area contributed by atoms with Crippen LogP contribution in [-0.2, 0) is 0 Å². The Labute approximate surface area is 128 Å². The number of rotatable bonds is 2. The smallest absolute Gasteiger partial charge is 0.225 e. The second kappa shape index (κ2) is 5.47. The van der Waals surface area contributed by atoms with E-state index in [0.717, 1.165) is 22.6 Å². The highest BCUT2D eigenvalue weighted by Gasteiger charge is 2.24. The summed E-state index contributed by atoms with van der Waals surface area (Å²) >= 11 is 7.76. The number of hydrogen-bond acceptors (Lipinski definition) is 5. The topological polar surface area (TPSA) is 32.3 Å². The van der Waals surface area contributed by atoms with Gasteiger partial charge in [0.2, 0.25) is 5.28 Å². The van der Waals surface area contributed by atoms with Crippen molar-refractivity contribution in [3.63, 3.8) is 0 Å². The van der Waals surface area contributed by atoms with Gasteiger partial charge in [-0.3, -0.25) is 0 Å². The van der Waals surface area contributed by atoms with Crippen LogP contribution in [-0.4, -0.2) is 48.1 Å². The number of likely N-dealkylation sites (tertiary alicyclic amines) is 1. The van der Waals surface area contributed by atoms with Gasteiger partial charge in [-0.15, -0.1) is 11.3 Å². The number of fused-ring (bicyclic) bond motifs is 1. The van der Waals surface area contributed by atoms with Crippen molar-refractivity contribution in [2.45, 2.75) is 25.8 Å². The first kappa shape index (κ1) is 14.0. The first-order valence-corrected chi connectivity index (χ1v) is 8.09. The molecule has 1 unspecified atom stereocenters. The zero-order chi connectivity index (χ0) is 14.3. The first-order chi connectivity index (χ1) is 9.54. The molecule has 6 heteroatoms. The van der Waals surface area contributed by atoms with Gasteiger partial charge in [0.1, 0.15) is 10.6 Å². The van der Waals surface area contributed by atoms with E-state index in [1.165, 1.54) is 24.3 Å². The highest BCUT2D eigenvalue weighted by molar-refractivity contribution is 7.18. The normalized spacial score (nSPS) is 20.5. The highest BCUT2D eigenvalue weighted by atomic mass is 35.5. The van der Waals surface area contributed by atoms with Gasteiger partial charge in [0, 0.05) is 24.5 Å². The summed E-state index contributed by atoms with van der Waals surface area (Å²) < 4.78 is 0. The molecule has 0 radical (unpaired) electrons. The van der Waals surface area contributed by atoms with Gasteiger partial charge in [0.25, 0.3) is 0 Å². The molecule has 0 aromatic carbocycles. The summed E-state index contributed by atoms with van der Waals surface area (Å²) in [5.41, 5.74) is 0. The zero-order valence-electron chi connectivity index (χ0n) is 12.1. The largest absolute Gasteiger partial charge is 0.355 e. The molecule has 3 heterocycles. The minimum Gasteiger partial charge on any atom is -0.355 e. The van der Waals surface area contributed by atoms with Crippen molar-refractivity contribution in [3.8, 4) is 0 Å². The highest BCUT2D eigenvalue weighted by Crippen LogP contribution is 2.32. The van der Waals surface area contributed by atoms with E-state index in [0.29, 0.717) is 11.3 Å². The fraction of sp³-hybridized carbons (Fsp3) is 0.571. The molecule has 0 amide bonds. The number of piperidine rings is 1. The van der Waals surface area contributed by atoms with Crippen molar-refractivity contribution in [1.82, 2.24) is 14.9 Å². The van der Waals surface area contributed by atoms with E-state index in [1.807, 2.05) is 0 Å². The Bertz CT molecular complexity index is 627. The van der Waals surface area contributed by atoms with Crippen LogP contribution < -0.4 is 4.90 Å². The van der Waals surface area contributed by atoms with Crippen LogP contribution in [0.5, 0.6) is 0 Å². The molecular weight excluding hydrogens is 292 g/mol. The molecule has 2 aromatic rings. The van der Waals surface area contributed by atoms with Crippen LogP contribution in [0.25, 0.3) is 10.2 Å². The number of halogens is 1. The summed E-state index contributed by atoms with van der Waals surface area (Å²) in [5.74, 6) is 0.963. The number of thiophene rings is 1. The molecule has 20 heavy (non-hydrogen) atoms. The van der Waals surface area contributed by atoms with Gasteiger partial charge in [-0.25, -0.2) is 4.98 Å². The molecule has 0 spiro atoms. The second-order valence-corrected chi connectivity index (χ2v) is 7.13. The van der Waals surface area contributed by atoms with Crippen LogP contribution >= 0.6 is 22.9 Å². The Balaban J connectivity index is 1.99. The summed E-state index contributed by atoms with van der Waals surface area (Å²) in [4.78, 5) is 15.7. The summed E-state index contributed by atoms with van der Waals surface area (Å²) in [6, 6.07) is 2.65. The number of likely N-dealkylation sites (N-methyl/N-ethyl adjacent to an activating group) is 2. The lowest BCUT2D eigenvalue weighted by Gasteiger charge is -2.36. The molecule has 1 aliphatic heterocycles. The molecule has 108 valence electrons. The van der Waals surface area contributed by atoms with Crippen LogP contribution in [0.2, 0.25) is 5.28 Å². The molecule has 1 fully saturated rings. The van der Waals surface area contributed by atoms with Crippen molar-refractivity contribution < 1.29 is 0 Å². The third-order valence-corrected chi connectivity index (χ3v) is 5.06. The van der Waals surface area contributed by atoms with E-state index in [4.69, 9.17) is 11.6 Å². The van der Waals surface area contributed by atoms with Gasteiger partial charge in [0.15, 0.2) is 0 Å². The lowest BCUT2D eigenvalue weighted by molar-refractivity contribution is 0.247. The molecule has 1 aliphatic rings. The molecule has 0 N–H and O–H groups in total. The minimum absolute atomic E-state index is 0.338. The Kier molecular flexibility index (Phi) is 3.84. The average Bonchev–Trinajstić information content (AvgIpc) is 2.77. The van der Waals surface area contributed by atoms with Crippen LogP contribution in [0.1, 0.15) is 17.7 Å². The van der Waals surface area contributed by atoms with Gasteiger partial charge < -0.3 is 9.80 Å². The van der Waals surface area contributed by atoms with Crippen LogP contribution in [0.4, 0.5) is 5.82 Å². The molecule has 1 atom stereocenters. The number of nitrogens with zero attached hydrogens (tertiary/aromatic N) is 4. The van der Waals surface area contributed by atoms with E-state index in [2.05, 4.69) is 46.9 Å². The van der Waals surface area contributed by atoms with Crippen LogP contribution in [0, 0.1) is 6.92 Å². The maximum Gasteiger partial charge on any atom is 0.225 e. The number of hydrogen-bond donors (Lipinski definition) is 0. The van der Waals surface area contributed by atoms with E-state index in [-0.39, 0.29) is 0 Å². The third kappa shape index (κ3) is 2.62. The maximum absolute atomic E-state index is 6.09. The minimum atomic E-state index is 0.338. The summed E-state index contributed by atoms with van der Waals surface area (Å²) in [6.07, 6.45) is 2.43. The molecule has 4 nitrogen and oxygen atoms in total. The van der Waals surface area contributed by atoms with Gasteiger partial charge in [-0.1, -0.05) is 0 Å². The lowest BCUT2D eigenvalue weighted by atomic mass is 10.0. The van der Waals surface area contributed by atoms with Crippen molar-refractivity contribution in [1.29, 1.82) is 0 Å². The number of anilines is 1. The van der Waals surface area contributed by atoms with E-state index >= 15 is 0 Å². The fourth-order valence-electron chi connectivity index (χ4n) is 2.90. The summed E-state index contributed by atoms with van der Waals surface area (Å²) in [7, 11) is 4.30. The van der Waals surface area contributed by atoms with E-state index in [9.17, 15) is 0 Å². The first-order valence-electron chi connectivity index (χ1n) is 6.89. The van der Waals surface area contributed by atoms with Gasteiger partial charge >= 0.3 is 0 Å². The van der Waals surface area contributed by atoms with Crippen LogP contribution in [0.3, 0.4) is 0 Å². The number of aromatic nitrogens is 2. The Morgan fingerprint density at radius 3 is 3.00 bits per heavy atom. The number of aryl methyl sites for hydroxylation is 1. The standard InChI is InChI=1S/C14H19ClN4S/c1-9-7-11-12(16-14(15)17-13(11)20-9)19(3)10-5-4-6-18(2)8-10/h7,10H,4-6,8H2,1-3H3. The van der Waals surface area contributed by atoms with Crippen molar-refractivity contribution >= 4 is 39.0 Å². The SMILES string of the molecule is Cc1cc2c(N(C)C3CCCN(C)C3)nc(Cl)nc2s1. The summed E-state index contributed by atoms with van der Waals surface area (Å²) in [6.45, 7) is 4.35. The lowest BCUT2D eigenvalue weighted by Crippen LogP contribution is -2.45. The zero-order valence-corrected chi connectivity index (χ0v) is 13.6. The average molecular weight is 311 g/mol.